The van der Waals surface area contributed by atoms with E-state index in [1.54, 1.807) is 12.3 Å². The van der Waals surface area contributed by atoms with Crippen LogP contribution in [0.4, 0.5) is 0 Å². The van der Waals surface area contributed by atoms with Crippen molar-refractivity contribution < 1.29 is 4.42 Å². The Balaban J connectivity index is 2.44. The second-order valence-corrected chi connectivity index (χ2v) is 4.47. The van der Waals surface area contributed by atoms with Gasteiger partial charge in [0, 0.05) is 10.0 Å². The van der Waals surface area contributed by atoms with Gasteiger partial charge in [-0.05, 0) is 18.2 Å². The maximum absolute atomic E-state index is 6.07. The zero-order valence-corrected chi connectivity index (χ0v) is 10.6. The van der Waals surface area contributed by atoms with E-state index in [0.717, 1.165) is 10.0 Å². The van der Waals surface area contributed by atoms with Crippen LogP contribution in [0.2, 0.25) is 5.02 Å². The van der Waals surface area contributed by atoms with Gasteiger partial charge in [0.05, 0.1) is 17.1 Å². The SMILES string of the molecule is ClCc1ncc(-c2ccc(Br)cc2Cl)o1. The number of oxazole rings is 1. The van der Waals surface area contributed by atoms with Gasteiger partial charge in [0.25, 0.3) is 0 Å². The highest BCUT2D eigenvalue weighted by Crippen LogP contribution is 2.30. The number of halogens is 3. The number of hydrogen-bond donors (Lipinski definition) is 0. The van der Waals surface area contributed by atoms with Crippen molar-refractivity contribution in [1.82, 2.24) is 4.98 Å². The predicted octanol–water partition coefficient (Wildman–Crippen LogP) is 4.50. The molecule has 5 heteroatoms. The molecule has 0 saturated heterocycles. The van der Waals surface area contributed by atoms with Gasteiger partial charge in [-0.25, -0.2) is 4.98 Å². The van der Waals surface area contributed by atoms with Crippen LogP contribution in [0, 0.1) is 0 Å². The van der Waals surface area contributed by atoms with Crippen molar-refractivity contribution in [2.24, 2.45) is 0 Å². The van der Waals surface area contributed by atoms with E-state index in [2.05, 4.69) is 20.9 Å². The summed E-state index contributed by atoms with van der Waals surface area (Å²) in [4.78, 5) is 4.01. The minimum Gasteiger partial charge on any atom is -0.439 e. The second-order valence-electron chi connectivity index (χ2n) is 2.88. The van der Waals surface area contributed by atoms with Crippen molar-refractivity contribution in [3.63, 3.8) is 0 Å². The lowest BCUT2D eigenvalue weighted by atomic mass is 10.2. The number of rotatable bonds is 2. The molecule has 0 bridgehead atoms. The summed E-state index contributed by atoms with van der Waals surface area (Å²) < 4.78 is 6.32. The first-order valence-corrected chi connectivity index (χ1v) is 5.87. The smallest absolute Gasteiger partial charge is 0.209 e. The van der Waals surface area contributed by atoms with Gasteiger partial charge in [0.1, 0.15) is 0 Å². The Hall–Kier alpha value is -0.510. The molecule has 0 unspecified atom stereocenters. The Kier molecular flexibility index (Phi) is 3.34. The Morgan fingerprint density at radius 2 is 2.20 bits per heavy atom. The van der Waals surface area contributed by atoms with Crippen LogP contribution in [0.15, 0.2) is 33.3 Å². The molecule has 0 N–H and O–H groups in total. The van der Waals surface area contributed by atoms with Crippen molar-refractivity contribution in [3.05, 3.63) is 39.8 Å². The Bertz CT molecular complexity index is 484. The van der Waals surface area contributed by atoms with Gasteiger partial charge in [-0.1, -0.05) is 27.5 Å². The maximum atomic E-state index is 6.07. The van der Waals surface area contributed by atoms with Crippen molar-refractivity contribution >= 4 is 39.1 Å². The Labute approximate surface area is 105 Å². The van der Waals surface area contributed by atoms with E-state index in [1.807, 2.05) is 12.1 Å². The van der Waals surface area contributed by atoms with Crippen LogP contribution in [-0.2, 0) is 5.88 Å². The summed E-state index contributed by atoms with van der Waals surface area (Å²) >= 11 is 15.0. The zero-order chi connectivity index (χ0) is 10.8. The maximum Gasteiger partial charge on any atom is 0.209 e. The van der Waals surface area contributed by atoms with Gasteiger partial charge in [-0.3, -0.25) is 0 Å². The summed E-state index contributed by atoms with van der Waals surface area (Å²) in [5, 5.41) is 0.613. The highest BCUT2D eigenvalue weighted by Gasteiger charge is 2.09. The van der Waals surface area contributed by atoms with E-state index in [9.17, 15) is 0 Å². The predicted molar refractivity (Wildman–Crippen MR) is 64.2 cm³/mol. The normalized spacial score (nSPS) is 10.6. The van der Waals surface area contributed by atoms with Gasteiger partial charge in [0.15, 0.2) is 5.76 Å². The summed E-state index contributed by atoms with van der Waals surface area (Å²) in [6.45, 7) is 0. The van der Waals surface area contributed by atoms with Gasteiger partial charge in [-0.15, -0.1) is 11.6 Å². The second kappa shape index (κ2) is 4.56. The third-order valence-electron chi connectivity index (χ3n) is 1.86. The lowest BCUT2D eigenvalue weighted by molar-refractivity contribution is 0.529. The minimum atomic E-state index is 0.258. The molecule has 0 aliphatic heterocycles. The standard InChI is InChI=1S/C10H6BrCl2NO/c11-6-1-2-7(8(13)3-6)9-5-14-10(4-12)15-9/h1-3,5H,4H2. The molecule has 15 heavy (non-hydrogen) atoms. The fourth-order valence-corrected chi connectivity index (χ4v) is 2.08. The van der Waals surface area contributed by atoms with E-state index < -0.39 is 0 Å². The third kappa shape index (κ3) is 2.36. The summed E-state index contributed by atoms with van der Waals surface area (Å²) in [6.07, 6.45) is 1.62. The molecule has 2 rings (SSSR count). The van der Waals surface area contributed by atoms with E-state index in [0.29, 0.717) is 16.7 Å². The molecule has 0 aliphatic rings. The summed E-state index contributed by atoms with van der Waals surface area (Å²) in [6, 6.07) is 5.56. The van der Waals surface area contributed by atoms with Gasteiger partial charge in [-0.2, -0.15) is 0 Å². The van der Waals surface area contributed by atoms with Gasteiger partial charge < -0.3 is 4.42 Å². The van der Waals surface area contributed by atoms with Crippen LogP contribution in [-0.4, -0.2) is 4.98 Å². The van der Waals surface area contributed by atoms with E-state index in [4.69, 9.17) is 27.6 Å². The van der Waals surface area contributed by atoms with Crippen molar-refractivity contribution in [2.75, 3.05) is 0 Å². The molecule has 2 nitrogen and oxygen atoms in total. The van der Waals surface area contributed by atoms with Crippen LogP contribution in [0.1, 0.15) is 5.89 Å². The first-order chi connectivity index (χ1) is 7.20. The van der Waals surface area contributed by atoms with Crippen LogP contribution in [0.5, 0.6) is 0 Å². The van der Waals surface area contributed by atoms with Gasteiger partial charge >= 0.3 is 0 Å². The molecule has 0 spiro atoms. The molecule has 0 radical (unpaired) electrons. The van der Waals surface area contributed by atoms with Crippen molar-refractivity contribution in [3.8, 4) is 11.3 Å². The molecule has 0 amide bonds. The fourth-order valence-electron chi connectivity index (χ4n) is 1.19. The Morgan fingerprint density at radius 1 is 1.40 bits per heavy atom. The first-order valence-electron chi connectivity index (χ1n) is 4.17. The number of nitrogens with zero attached hydrogens (tertiary/aromatic N) is 1. The van der Waals surface area contributed by atoms with Crippen LogP contribution < -0.4 is 0 Å². The highest BCUT2D eigenvalue weighted by molar-refractivity contribution is 9.10. The molecule has 1 heterocycles. The molecular weight excluding hydrogens is 301 g/mol. The molecule has 0 fully saturated rings. The van der Waals surface area contributed by atoms with Crippen LogP contribution in [0.3, 0.4) is 0 Å². The van der Waals surface area contributed by atoms with E-state index in [1.165, 1.54) is 0 Å². The molecule has 0 saturated carbocycles. The number of benzene rings is 1. The monoisotopic (exact) mass is 305 g/mol. The van der Waals surface area contributed by atoms with Crippen LogP contribution >= 0.6 is 39.1 Å². The largest absolute Gasteiger partial charge is 0.439 e. The molecule has 1 aromatic carbocycles. The first kappa shape index (κ1) is 11.0. The molecule has 1 aromatic heterocycles. The number of aromatic nitrogens is 1. The van der Waals surface area contributed by atoms with E-state index in [-0.39, 0.29) is 5.88 Å². The van der Waals surface area contributed by atoms with Crippen LogP contribution in [0.25, 0.3) is 11.3 Å². The van der Waals surface area contributed by atoms with Crippen molar-refractivity contribution in [2.45, 2.75) is 5.88 Å². The average molecular weight is 307 g/mol. The Morgan fingerprint density at radius 3 is 2.80 bits per heavy atom. The lowest BCUT2D eigenvalue weighted by Gasteiger charge is -2.00. The quantitative estimate of drug-likeness (QED) is 0.764. The molecule has 0 aliphatic carbocycles. The topological polar surface area (TPSA) is 26.0 Å². The zero-order valence-electron chi connectivity index (χ0n) is 7.51. The minimum absolute atomic E-state index is 0.258. The highest BCUT2D eigenvalue weighted by atomic mass is 79.9. The molecule has 78 valence electrons. The molecular formula is C10H6BrCl2NO. The summed E-state index contributed by atoms with van der Waals surface area (Å²) in [7, 11) is 0. The van der Waals surface area contributed by atoms with Crippen molar-refractivity contribution in [1.29, 1.82) is 0 Å². The summed E-state index contributed by atoms with van der Waals surface area (Å²) in [5.41, 5.74) is 0.809. The third-order valence-corrected chi connectivity index (χ3v) is 2.90. The lowest BCUT2D eigenvalue weighted by Crippen LogP contribution is -1.76. The average Bonchev–Trinajstić information content (AvgIpc) is 2.66. The van der Waals surface area contributed by atoms with Gasteiger partial charge in [0.2, 0.25) is 5.89 Å². The number of hydrogen-bond acceptors (Lipinski definition) is 2. The molecule has 2 aromatic rings. The van der Waals surface area contributed by atoms with E-state index >= 15 is 0 Å². The summed E-state index contributed by atoms with van der Waals surface area (Å²) in [5.74, 6) is 1.38. The number of alkyl halides is 1. The molecule has 0 atom stereocenters. The fraction of sp³-hybridized carbons (Fsp3) is 0.100.